The summed E-state index contributed by atoms with van der Waals surface area (Å²) in [5, 5.41) is 0.578. The van der Waals surface area contributed by atoms with Gasteiger partial charge in [0.1, 0.15) is 0 Å². The van der Waals surface area contributed by atoms with E-state index in [0.717, 1.165) is 22.2 Å². The molecule has 0 amide bonds. The van der Waals surface area contributed by atoms with Gasteiger partial charge in [0, 0.05) is 12.4 Å². The van der Waals surface area contributed by atoms with Crippen molar-refractivity contribution in [3.05, 3.63) is 95.8 Å². The first-order valence-corrected chi connectivity index (χ1v) is 8.58. The minimum absolute atomic E-state index is 0.0624. The number of imidazole rings is 1. The highest BCUT2D eigenvalue weighted by Crippen LogP contribution is 2.21. The quantitative estimate of drug-likeness (QED) is 0.500. The molecule has 0 saturated carbocycles. The molecule has 27 heavy (non-hydrogen) atoms. The molecule has 0 aliphatic heterocycles. The Hall–Kier alpha value is -3.80. The largest absolute Gasteiger partial charge is 0.306 e. The topological polar surface area (TPSA) is 65.1 Å². The Morgan fingerprint density at radius 3 is 2.85 bits per heavy atom. The van der Waals surface area contributed by atoms with E-state index in [1.807, 2.05) is 28.8 Å². The number of hydrogen-bond donors (Lipinski definition) is 0. The summed E-state index contributed by atoms with van der Waals surface area (Å²) in [5.74, 6) is 0. The third-order valence-corrected chi connectivity index (χ3v) is 4.65. The Kier molecular flexibility index (Phi) is 3.53. The maximum Gasteiger partial charge on any atom is 0.261 e. The number of rotatable bonds is 3. The highest BCUT2D eigenvalue weighted by atomic mass is 16.1. The van der Waals surface area contributed by atoms with Gasteiger partial charge in [0.2, 0.25) is 0 Å². The van der Waals surface area contributed by atoms with Crippen molar-refractivity contribution in [2.24, 2.45) is 0 Å². The second-order valence-corrected chi connectivity index (χ2v) is 6.41. The molecule has 0 bridgehead atoms. The van der Waals surface area contributed by atoms with Gasteiger partial charge < -0.3 is 4.40 Å². The number of pyridine rings is 2. The van der Waals surface area contributed by atoms with E-state index < -0.39 is 0 Å². The summed E-state index contributed by atoms with van der Waals surface area (Å²) in [6, 6.07) is 14.0. The number of nitrogens with zero attached hydrogens (tertiary/aromatic N) is 5. The number of fused-ring (bicyclic) bond motifs is 2. The van der Waals surface area contributed by atoms with Crippen LogP contribution in [0, 0.1) is 0 Å². The van der Waals surface area contributed by atoms with E-state index in [-0.39, 0.29) is 5.56 Å². The number of hydrogen-bond acceptors (Lipinski definition) is 4. The molecule has 6 nitrogen and oxygen atoms in total. The molecule has 6 heteroatoms. The molecule has 5 aromatic rings. The van der Waals surface area contributed by atoms with Crippen LogP contribution in [0.3, 0.4) is 0 Å². The molecule has 130 valence electrons. The second-order valence-electron chi connectivity index (χ2n) is 6.41. The summed E-state index contributed by atoms with van der Waals surface area (Å²) in [4.78, 5) is 25.2. The Morgan fingerprint density at radius 1 is 0.926 bits per heavy atom. The standard InChI is InChI=1S/C21H15N5O/c27-21-19-6-7-22-10-20(19)24-14-26(21)11-15-2-1-3-16(8-15)17-4-5-18-9-23-13-25(18)12-17/h1-10,12-14H,11H2. The number of benzene rings is 1. The molecule has 0 fully saturated rings. The van der Waals surface area contributed by atoms with E-state index in [9.17, 15) is 4.79 Å². The third kappa shape index (κ3) is 2.77. The lowest BCUT2D eigenvalue weighted by atomic mass is 10.0. The van der Waals surface area contributed by atoms with E-state index in [1.165, 1.54) is 0 Å². The van der Waals surface area contributed by atoms with Gasteiger partial charge in [-0.3, -0.25) is 14.3 Å². The van der Waals surface area contributed by atoms with Crippen molar-refractivity contribution in [1.29, 1.82) is 0 Å². The fourth-order valence-electron chi connectivity index (χ4n) is 3.26. The molecular weight excluding hydrogens is 338 g/mol. The lowest BCUT2D eigenvalue weighted by molar-refractivity contribution is 0.748. The Morgan fingerprint density at radius 2 is 1.89 bits per heavy atom. The molecule has 4 aromatic heterocycles. The SMILES string of the molecule is O=c1c2ccncc2ncn1Cc1cccc(-c2ccc3cncn3c2)c1. The highest BCUT2D eigenvalue weighted by Gasteiger charge is 2.06. The van der Waals surface area contributed by atoms with Crippen LogP contribution < -0.4 is 5.56 Å². The second kappa shape index (κ2) is 6.17. The van der Waals surface area contributed by atoms with Gasteiger partial charge >= 0.3 is 0 Å². The summed E-state index contributed by atoms with van der Waals surface area (Å²) >= 11 is 0. The average Bonchev–Trinajstić information content (AvgIpc) is 3.18. The molecule has 0 N–H and O–H groups in total. The van der Waals surface area contributed by atoms with Crippen molar-refractivity contribution in [1.82, 2.24) is 23.9 Å². The van der Waals surface area contributed by atoms with Gasteiger partial charge in [-0.25, -0.2) is 9.97 Å². The summed E-state index contributed by atoms with van der Waals surface area (Å²) in [6.07, 6.45) is 10.5. The van der Waals surface area contributed by atoms with Crippen molar-refractivity contribution < 1.29 is 0 Å². The summed E-state index contributed by atoms with van der Waals surface area (Å²) in [7, 11) is 0. The van der Waals surface area contributed by atoms with Crippen LogP contribution in [-0.4, -0.2) is 23.9 Å². The first-order chi connectivity index (χ1) is 13.3. The first-order valence-electron chi connectivity index (χ1n) is 8.58. The fourth-order valence-corrected chi connectivity index (χ4v) is 3.26. The van der Waals surface area contributed by atoms with Gasteiger partial charge in [-0.15, -0.1) is 0 Å². The predicted octanol–water partition coefficient (Wildman–Crippen LogP) is 3.15. The molecule has 0 radical (unpaired) electrons. The van der Waals surface area contributed by atoms with E-state index in [4.69, 9.17) is 0 Å². The van der Waals surface area contributed by atoms with Crippen molar-refractivity contribution in [3.8, 4) is 11.1 Å². The minimum atomic E-state index is -0.0624. The van der Waals surface area contributed by atoms with Crippen LogP contribution in [0.15, 0.2) is 84.7 Å². The van der Waals surface area contributed by atoms with Crippen LogP contribution in [0.2, 0.25) is 0 Å². The normalized spacial score (nSPS) is 11.3. The maximum atomic E-state index is 12.7. The van der Waals surface area contributed by atoms with Crippen molar-refractivity contribution in [2.75, 3.05) is 0 Å². The summed E-state index contributed by atoms with van der Waals surface area (Å²) in [5.41, 5.74) is 4.83. The maximum absolute atomic E-state index is 12.7. The molecule has 0 aliphatic rings. The Labute approximate surface area is 154 Å². The molecule has 0 aliphatic carbocycles. The zero-order valence-corrected chi connectivity index (χ0v) is 14.4. The van der Waals surface area contributed by atoms with Crippen molar-refractivity contribution in [3.63, 3.8) is 0 Å². The zero-order chi connectivity index (χ0) is 18.2. The summed E-state index contributed by atoms with van der Waals surface area (Å²) in [6.45, 7) is 0.464. The van der Waals surface area contributed by atoms with Gasteiger partial charge in [0.05, 0.1) is 48.0 Å². The minimum Gasteiger partial charge on any atom is -0.306 e. The molecule has 0 spiro atoms. The predicted molar refractivity (Wildman–Crippen MR) is 104 cm³/mol. The fraction of sp³-hybridized carbons (Fsp3) is 0.0476. The van der Waals surface area contributed by atoms with E-state index in [1.54, 1.807) is 35.7 Å². The molecule has 4 heterocycles. The lowest BCUT2D eigenvalue weighted by Gasteiger charge is -2.09. The molecular formula is C21H15N5O. The molecule has 1 aromatic carbocycles. The summed E-state index contributed by atoms with van der Waals surface area (Å²) < 4.78 is 3.62. The molecule has 0 saturated heterocycles. The van der Waals surface area contributed by atoms with Crippen molar-refractivity contribution in [2.45, 2.75) is 6.54 Å². The molecule has 0 unspecified atom stereocenters. The van der Waals surface area contributed by atoms with Crippen LogP contribution in [0.1, 0.15) is 5.56 Å². The zero-order valence-electron chi connectivity index (χ0n) is 14.4. The van der Waals surface area contributed by atoms with Crippen LogP contribution in [-0.2, 0) is 6.54 Å². The van der Waals surface area contributed by atoms with Crippen LogP contribution in [0.25, 0.3) is 27.5 Å². The van der Waals surface area contributed by atoms with E-state index in [0.29, 0.717) is 17.4 Å². The van der Waals surface area contributed by atoms with Gasteiger partial charge in [-0.05, 0) is 34.9 Å². The lowest BCUT2D eigenvalue weighted by Crippen LogP contribution is -2.21. The highest BCUT2D eigenvalue weighted by molar-refractivity contribution is 5.75. The molecule has 0 atom stereocenters. The van der Waals surface area contributed by atoms with Crippen LogP contribution in [0.5, 0.6) is 0 Å². The number of aromatic nitrogens is 5. The average molecular weight is 353 g/mol. The van der Waals surface area contributed by atoms with Crippen molar-refractivity contribution >= 4 is 16.4 Å². The Balaban J connectivity index is 1.52. The van der Waals surface area contributed by atoms with Gasteiger partial charge in [-0.2, -0.15) is 0 Å². The van der Waals surface area contributed by atoms with Crippen LogP contribution in [0.4, 0.5) is 0 Å². The smallest absolute Gasteiger partial charge is 0.261 e. The van der Waals surface area contributed by atoms with Crippen LogP contribution >= 0.6 is 0 Å². The third-order valence-electron chi connectivity index (χ3n) is 4.65. The Bertz CT molecular complexity index is 1340. The van der Waals surface area contributed by atoms with Gasteiger partial charge in [0.25, 0.3) is 5.56 Å². The first kappa shape index (κ1) is 15.5. The van der Waals surface area contributed by atoms with Gasteiger partial charge in [-0.1, -0.05) is 24.3 Å². The van der Waals surface area contributed by atoms with E-state index in [2.05, 4.69) is 39.3 Å². The monoisotopic (exact) mass is 353 g/mol. The molecule has 5 rings (SSSR count). The van der Waals surface area contributed by atoms with E-state index >= 15 is 0 Å². The van der Waals surface area contributed by atoms with Gasteiger partial charge in [0.15, 0.2) is 0 Å².